The molecule has 0 radical (unpaired) electrons. The third-order valence-corrected chi connectivity index (χ3v) is 3.26. The van der Waals surface area contributed by atoms with E-state index >= 15 is 0 Å². The molecule has 0 saturated heterocycles. The highest BCUT2D eigenvalue weighted by molar-refractivity contribution is 6.33. The standard InChI is InChI=1S/C13H11ClN6O/c1-8-9(5-16-19-8)13(21)18-11-4-2-3-10(14)12(11)20-7-15-6-17-20/h2-7H,1H3,(H,16,19)(H,18,21). The third kappa shape index (κ3) is 2.50. The highest BCUT2D eigenvalue weighted by Crippen LogP contribution is 2.28. The first-order chi connectivity index (χ1) is 10.2. The summed E-state index contributed by atoms with van der Waals surface area (Å²) >= 11 is 6.20. The van der Waals surface area contributed by atoms with Crippen LogP contribution in [0.5, 0.6) is 0 Å². The van der Waals surface area contributed by atoms with Crippen LogP contribution in [0.2, 0.25) is 5.02 Å². The molecule has 3 aromatic rings. The zero-order chi connectivity index (χ0) is 14.8. The lowest BCUT2D eigenvalue weighted by atomic mass is 10.2. The summed E-state index contributed by atoms with van der Waals surface area (Å²) in [5.41, 5.74) is 2.26. The molecule has 3 rings (SSSR count). The van der Waals surface area contributed by atoms with Gasteiger partial charge < -0.3 is 5.32 Å². The second-order valence-electron chi connectivity index (χ2n) is 4.34. The quantitative estimate of drug-likeness (QED) is 0.776. The molecule has 0 aliphatic heterocycles. The van der Waals surface area contributed by atoms with Gasteiger partial charge in [-0.15, -0.1) is 0 Å². The number of carbonyl (C=O) groups excluding carboxylic acids is 1. The minimum absolute atomic E-state index is 0.273. The zero-order valence-electron chi connectivity index (χ0n) is 11.0. The summed E-state index contributed by atoms with van der Waals surface area (Å²) in [7, 11) is 0. The van der Waals surface area contributed by atoms with Crippen molar-refractivity contribution in [2.75, 3.05) is 5.32 Å². The lowest BCUT2D eigenvalue weighted by Crippen LogP contribution is -2.14. The second-order valence-corrected chi connectivity index (χ2v) is 4.75. The van der Waals surface area contributed by atoms with Gasteiger partial charge in [-0.25, -0.2) is 9.67 Å². The highest BCUT2D eigenvalue weighted by Gasteiger charge is 2.15. The van der Waals surface area contributed by atoms with E-state index in [1.54, 1.807) is 25.1 Å². The molecule has 2 aromatic heterocycles. The van der Waals surface area contributed by atoms with Crippen molar-refractivity contribution in [2.24, 2.45) is 0 Å². The molecule has 0 atom stereocenters. The number of hydrogen-bond donors (Lipinski definition) is 2. The average Bonchev–Trinajstić information content (AvgIpc) is 3.10. The first kappa shape index (κ1) is 13.3. The lowest BCUT2D eigenvalue weighted by molar-refractivity contribution is 0.102. The Morgan fingerprint density at radius 3 is 2.95 bits per heavy atom. The van der Waals surface area contributed by atoms with Gasteiger partial charge in [0.1, 0.15) is 18.3 Å². The summed E-state index contributed by atoms with van der Waals surface area (Å²) in [6.07, 6.45) is 4.39. The van der Waals surface area contributed by atoms with Crippen molar-refractivity contribution in [1.29, 1.82) is 0 Å². The van der Waals surface area contributed by atoms with Gasteiger partial charge in [-0.05, 0) is 19.1 Å². The first-order valence-corrected chi connectivity index (χ1v) is 6.49. The fourth-order valence-corrected chi connectivity index (χ4v) is 2.20. The predicted octanol–water partition coefficient (Wildman–Crippen LogP) is 2.20. The number of aryl methyl sites for hydroxylation is 1. The molecular formula is C13H11ClN6O. The second kappa shape index (κ2) is 5.37. The molecule has 0 spiro atoms. The van der Waals surface area contributed by atoms with Gasteiger partial charge in [-0.2, -0.15) is 10.2 Å². The van der Waals surface area contributed by atoms with Crippen LogP contribution in [0.3, 0.4) is 0 Å². The summed E-state index contributed by atoms with van der Waals surface area (Å²) < 4.78 is 1.50. The number of aromatic nitrogens is 5. The Balaban J connectivity index is 1.98. The molecule has 1 aromatic carbocycles. The predicted molar refractivity (Wildman–Crippen MR) is 77.6 cm³/mol. The minimum Gasteiger partial charge on any atom is -0.320 e. The molecule has 0 aliphatic carbocycles. The molecule has 0 saturated carbocycles. The van der Waals surface area contributed by atoms with E-state index in [1.807, 2.05) is 0 Å². The molecule has 0 unspecified atom stereocenters. The number of amides is 1. The highest BCUT2D eigenvalue weighted by atomic mass is 35.5. The Hall–Kier alpha value is -2.67. The zero-order valence-corrected chi connectivity index (χ0v) is 11.8. The number of anilines is 1. The van der Waals surface area contributed by atoms with E-state index in [-0.39, 0.29) is 5.91 Å². The average molecular weight is 303 g/mol. The van der Waals surface area contributed by atoms with Crippen molar-refractivity contribution in [3.05, 3.63) is 53.3 Å². The van der Waals surface area contributed by atoms with E-state index in [0.717, 1.165) is 0 Å². The molecule has 1 amide bonds. The molecule has 2 N–H and O–H groups in total. The molecule has 7 nitrogen and oxygen atoms in total. The van der Waals surface area contributed by atoms with Crippen molar-refractivity contribution in [2.45, 2.75) is 6.92 Å². The van der Waals surface area contributed by atoms with Gasteiger partial charge in [0, 0.05) is 5.69 Å². The van der Waals surface area contributed by atoms with Crippen LogP contribution in [0.4, 0.5) is 5.69 Å². The van der Waals surface area contributed by atoms with Crippen molar-refractivity contribution in [3.63, 3.8) is 0 Å². The van der Waals surface area contributed by atoms with E-state index in [9.17, 15) is 4.79 Å². The Morgan fingerprint density at radius 2 is 2.29 bits per heavy atom. The SMILES string of the molecule is Cc1[nH]ncc1C(=O)Nc1cccc(Cl)c1-n1cncn1. The van der Waals surface area contributed by atoms with Crippen LogP contribution in [0.1, 0.15) is 16.1 Å². The number of carbonyl (C=O) groups is 1. The van der Waals surface area contributed by atoms with E-state index in [1.165, 1.54) is 23.5 Å². The van der Waals surface area contributed by atoms with Crippen molar-refractivity contribution in [1.82, 2.24) is 25.0 Å². The van der Waals surface area contributed by atoms with Crippen LogP contribution in [-0.4, -0.2) is 30.9 Å². The summed E-state index contributed by atoms with van der Waals surface area (Å²) in [6, 6.07) is 5.22. The van der Waals surface area contributed by atoms with Gasteiger partial charge in [0.05, 0.1) is 22.5 Å². The van der Waals surface area contributed by atoms with Crippen LogP contribution >= 0.6 is 11.6 Å². The third-order valence-electron chi connectivity index (χ3n) is 2.96. The normalized spacial score (nSPS) is 10.6. The molecule has 0 aliphatic rings. The van der Waals surface area contributed by atoms with Gasteiger partial charge in [-0.1, -0.05) is 17.7 Å². The monoisotopic (exact) mass is 302 g/mol. The van der Waals surface area contributed by atoms with Crippen molar-refractivity contribution < 1.29 is 4.79 Å². The number of aromatic amines is 1. The Kier molecular flexibility index (Phi) is 3.41. The van der Waals surface area contributed by atoms with Crippen LogP contribution in [0, 0.1) is 6.92 Å². The Bertz CT molecular complexity index is 780. The number of rotatable bonds is 3. The molecule has 0 bridgehead atoms. The van der Waals surface area contributed by atoms with E-state index < -0.39 is 0 Å². The number of H-pyrrole nitrogens is 1. The molecule has 106 valence electrons. The van der Waals surface area contributed by atoms with E-state index in [2.05, 4.69) is 25.6 Å². The van der Waals surface area contributed by atoms with Crippen molar-refractivity contribution in [3.8, 4) is 5.69 Å². The van der Waals surface area contributed by atoms with Gasteiger partial charge in [-0.3, -0.25) is 9.89 Å². The van der Waals surface area contributed by atoms with Gasteiger partial charge >= 0.3 is 0 Å². The summed E-state index contributed by atoms with van der Waals surface area (Å²) in [4.78, 5) is 16.2. The van der Waals surface area contributed by atoms with Crippen LogP contribution in [-0.2, 0) is 0 Å². The maximum Gasteiger partial charge on any atom is 0.259 e. The van der Waals surface area contributed by atoms with Crippen LogP contribution in [0.15, 0.2) is 37.1 Å². The molecule has 2 heterocycles. The fourth-order valence-electron chi connectivity index (χ4n) is 1.94. The summed E-state index contributed by atoms with van der Waals surface area (Å²) in [6.45, 7) is 1.78. The number of hydrogen-bond acceptors (Lipinski definition) is 4. The smallest absolute Gasteiger partial charge is 0.259 e. The number of nitrogens with zero attached hydrogens (tertiary/aromatic N) is 4. The summed E-state index contributed by atoms with van der Waals surface area (Å²) in [5, 5.41) is 13.9. The van der Waals surface area contributed by atoms with E-state index in [4.69, 9.17) is 11.6 Å². The maximum atomic E-state index is 12.3. The Labute approximate surface area is 125 Å². The maximum absolute atomic E-state index is 12.3. The van der Waals surface area contributed by atoms with Gasteiger partial charge in [0.2, 0.25) is 0 Å². The van der Waals surface area contributed by atoms with E-state index in [0.29, 0.717) is 27.7 Å². The minimum atomic E-state index is -0.273. The fraction of sp³-hybridized carbons (Fsp3) is 0.0769. The molecule has 8 heteroatoms. The lowest BCUT2D eigenvalue weighted by Gasteiger charge is -2.12. The van der Waals surface area contributed by atoms with Gasteiger partial charge in [0.15, 0.2) is 0 Å². The topological polar surface area (TPSA) is 88.5 Å². The Morgan fingerprint density at radius 1 is 1.43 bits per heavy atom. The largest absolute Gasteiger partial charge is 0.320 e. The first-order valence-electron chi connectivity index (χ1n) is 6.11. The van der Waals surface area contributed by atoms with Crippen LogP contribution < -0.4 is 5.32 Å². The molecule has 21 heavy (non-hydrogen) atoms. The number of para-hydroxylation sites is 1. The number of halogens is 1. The summed E-state index contributed by atoms with van der Waals surface area (Å²) in [5.74, 6) is -0.273. The van der Waals surface area contributed by atoms with Crippen molar-refractivity contribution >= 4 is 23.2 Å². The van der Waals surface area contributed by atoms with Crippen LogP contribution in [0.25, 0.3) is 5.69 Å². The molecular weight excluding hydrogens is 292 g/mol. The van der Waals surface area contributed by atoms with Gasteiger partial charge in [0.25, 0.3) is 5.91 Å². The number of nitrogens with one attached hydrogen (secondary N) is 2. The molecule has 0 fully saturated rings. The number of benzene rings is 1.